The van der Waals surface area contributed by atoms with Gasteiger partial charge in [0.25, 0.3) is 0 Å². The number of rotatable bonds is 6. The van der Waals surface area contributed by atoms with Crippen molar-refractivity contribution in [3.05, 3.63) is 0 Å². The lowest BCUT2D eigenvalue weighted by atomic mass is 10.0. The van der Waals surface area contributed by atoms with E-state index in [0.717, 1.165) is 6.42 Å². The van der Waals surface area contributed by atoms with Crippen molar-refractivity contribution in [3.63, 3.8) is 0 Å². The highest BCUT2D eigenvalue weighted by Gasteiger charge is 2.17. The predicted molar refractivity (Wildman–Crippen MR) is 57.8 cm³/mol. The third-order valence-corrected chi connectivity index (χ3v) is 2.42. The molecule has 2 N–H and O–H groups in total. The van der Waals surface area contributed by atoms with Crippen molar-refractivity contribution in [1.82, 2.24) is 5.32 Å². The molecule has 0 aliphatic rings. The second-order valence-corrected chi connectivity index (χ2v) is 4.76. The maximum atomic E-state index is 9.74. The summed E-state index contributed by atoms with van der Waals surface area (Å²) >= 11 is 0. The van der Waals surface area contributed by atoms with Gasteiger partial charge in [-0.15, -0.1) is 0 Å². The van der Waals surface area contributed by atoms with Gasteiger partial charge in [-0.3, -0.25) is 0 Å². The minimum Gasteiger partial charge on any atom is -0.389 e. The second-order valence-electron chi connectivity index (χ2n) is 4.76. The molecule has 2 unspecified atom stereocenters. The van der Waals surface area contributed by atoms with Gasteiger partial charge in [0.05, 0.1) is 5.60 Å². The van der Waals surface area contributed by atoms with Crippen LogP contribution < -0.4 is 5.32 Å². The Labute approximate surface area is 82.7 Å². The zero-order chi connectivity index (χ0) is 10.5. The number of nitrogens with one attached hydrogen (secondary N) is 1. The van der Waals surface area contributed by atoms with Crippen LogP contribution in [-0.2, 0) is 0 Å². The van der Waals surface area contributed by atoms with E-state index in [1.807, 2.05) is 13.8 Å². The van der Waals surface area contributed by atoms with Gasteiger partial charge in [-0.05, 0) is 32.6 Å². The van der Waals surface area contributed by atoms with Crippen LogP contribution in [0.1, 0.15) is 47.5 Å². The summed E-state index contributed by atoms with van der Waals surface area (Å²) in [4.78, 5) is 0. The molecule has 0 spiro atoms. The van der Waals surface area contributed by atoms with Gasteiger partial charge >= 0.3 is 0 Å². The average Bonchev–Trinajstić information content (AvgIpc) is 2.00. The van der Waals surface area contributed by atoms with E-state index < -0.39 is 5.60 Å². The lowest BCUT2D eigenvalue weighted by molar-refractivity contribution is 0.0527. The van der Waals surface area contributed by atoms with E-state index in [2.05, 4.69) is 26.1 Å². The summed E-state index contributed by atoms with van der Waals surface area (Å²) in [6.07, 6.45) is 1.97. The molecule has 0 bridgehead atoms. The molecule has 0 fully saturated rings. The van der Waals surface area contributed by atoms with E-state index in [-0.39, 0.29) is 0 Å². The van der Waals surface area contributed by atoms with E-state index in [1.54, 1.807) is 0 Å². The van der Waals surface area contributed by atoms with Crippen LogP contribution in [0.2, 0.25) is 0 Å². The SMILES string of the molecule is CCC(C)(O)CNC(C)CC(C)C. The Kier molecular flexibility index (Phi) is 5.57. The van der Waals surface area contributed by atoms with Crippen molar-refractivity contribution < 1.29 is 5.11 Å². The van der Waals surface area contributed by atoms with Crippen molar-refractivity contribution in [2.45, 2.75) is 59.1 Å². The Hall–Kier alpha value is -0.0800. The fraction of sp³-hybridized carbons (Fsp3) is 1.00. The minimum atomic E-state index is -0.550. The summed E-state index contributed by atoms with van der Waals surface area (Å²) in [6, 6.07) is 0.498. The van der Waals surface area contributed by atoms with Gasteiger partial charge < -0.3 is 10.4 Å². The van der Waals surface area contributed by atoms with Gasteiger partial charge in [0, 0.05) is 12.6 Å². The Balaban J connectivity index is 3.63. The topological polar surface area (TPSA) is 32.3 Å². The van der Waals surface area contributed by atoms with Crippen LogP contribution in [0.4, 0.5) is 0 Å². The molecule has 2 atom stereocenters. The zero-order valence-corrected chi connectivity index (χ0v) is 9.72. The molecular weight excluding hydrogens is 162 g/mol. The first kappa shape index (κ1) is 12.9. The van der Waals surface area contributed by atoms with Crippen LogP contribution in [0, 0.1) is 5.92 Å². The van der Waals surface area contributed by atoms with Crippen LogP contribution in [-0.4, -0.2) is 23.3 Å². The van der Waals surface area contributed by atoms with Crippen LogP contribution >= 0.6 is 0 Å². The molecule has 0 saturated carbocycles. The third kappa shape index (κ3) is 7.03. The Bertz CT molecular complexity index is 132. The molecule has 0 aromatic carbocycles. The maximum Gasteiger partial charge on any atom is 0.0741 e. The first-order valence-corrected chi connectivity index (χ1v) is 5.33. The molecule has 0 radical (unpaired) electrons. The van der Waals surface area contributed by atoms with Crippen molar-refractivity contribution in [1.29, 1.82) is 0 Å². The summed E-state index contributed by atoms with van der Waals surface area (Å²) in [6.45, 7) is 11.2. The van der Waals surface area contributed by atoms with E-state index in [0.29, 0.717) is 18.5 Å². The molecule has 0 rings (SSSR count). The molecule has 0 aromatic heterocycles. The van der Waals surface area contributed by atoms with E-state index in [4.69, 9.17) is 0 Å². The van der Waals surface area contributed by atoms with Gasteiger partial charge in [-0.2, -0.15) is 0 Å². The smallest absolute Gasteiger partial charge is 0.0741 e. The Morgan fingerprint density at radius 1 is 1.31 bits per heavy atom. The highest BCUT2D eigenvalue weighted by Crippen LogP contribution is 2.08. The molecular formula is C11H25NO. The molecule has 0 heterocycles. The lowest BCUT2D eigenvalue weighted by Crippen LogP contribution is -2.41. The summed E-state index contributed by atoms with van der Waals surface area (Å²) in [5.41, 5.74) is -0.550. The van der Waals surface area contributed by atoms with Gasteiger partial charge in [0.15, 0.2) is 0 Å². The van der Waals surface area contributed by atoms with Gasteiger partial charge in [-0.25, -0.2) is 0 Å². The maximum absolute atomic E-state index is 9.74. The average molecular weight is 187 g/mol. The number of hydrogen-bond donors (Lipinski definition) is 2. The predicted octanol–water partition coefficient (Wildman–Crippen LogP) is 2.17. The number of aliphatic hydroxyl groups is 1. The highest BCUT2D eigenvalue weighted by molar-refractivity contribution is 4.75. The molecule has 0 aliphatic heterocycles. The molecule has 0 amide bonds. The van der Waals surface area contributed by atoms with E-state index in [1.165, 1.54) is 6.42 Å². The molecule has 2 heteroatoms. The largest absolute Gasteiger partial charge is 0.389 e. The van der Waals surface area contributed by atoms with Crippen molar-refractivity contribution in [3.8, 4) is 0 Å². The van der Waals surface area contributed by atoms with Gasteiger partial charge in [0.1, 0.15) is 0 Å². The van der Waals surface area contributed by atoms with Crippen LogP contribution in [0.3, 0.4) is 0 Å². The first-order chi connectivity index (χ1) is 5.87. The number of hydrogen-bond acceptors (Lipinski definition) is 2. The quantitative estimate of drug-likeness (QED) is 0.668. The Morgan fingerprint density at radius 2 is 1.85 bits per heavy atom. The molecule has 2 nitrogen and oxygen atoms in total. The lowest BCUT2D eigenvalue weighted by Gasteiger charge is -2.25. The van der Waals surface area contributed by atoms with Gasteiger partial charge in [-0.1, -0.05) is 20.8 Å². The normalized spacial score (nSPS) is 18.7. The first-order valence-electron chi connectivity index (χ1n) is 5.33. The monoisotopic (exact) mass is 187 g/mol. The minimum absolute atomic E-state index is 0.498. The molecule has 0 aliphatic carbocycles. The molecule has 80 valence electrons. The second kappa shape index (κ2) is 5.61. The van der Waals surface area contributed by atoms with Crippen LogP contribution in [0.25, 0.3) is 0 Å². The van der Waals surface area contributed by atoms with E-state index in [9.17, 15) is 5.11 Å². The van der Waals surface area contributed by atoms with Crippen molar-refractivity contribution >= 4 is 0 Å². The van der Waals surface area contributed by atoms with Crippen molar-refractivity contribution in [2.24, 2.45) is 5.92 Å². The zero-order valence-electron chi connectivity index (χ0n) is 9.72. The summed E-state index contributed by atoms with van der Waals surface area (Å²) in [5.74, 6) is 0.717. The van der Waals surface area contributed by atoms with Crippen molar-refractivity contribution in [2.75, 3.05) is 6.54 Å². The molecule has 0 aromatic rings. The fourth-order valence-electron chi connectivity index (χ4n) is 1.31. The van der Waals surface area contributed by atoms with Gasteiger partial charge in [0.2, 0.25) is 0 Å². The summed E-state index contributed by atoms with van der Waals surface area (Å²) in [5, 5.41) is 13.1. The standard InChI is InChI=1S/C11H25NO/c1-6-11(5,13)8-12-10(4)7-9(2)3/h9-10,12-13H,6-8H2,1-5H3. The molecule has 0 saturated heterocycles. The summed E-state index contributed by atoms with van der Waals surface area (Å²) in [7, 11) is 0. The van der Waals surface area contributed by atoms with E-state index >= 15 is 0 Å². The van der Waals surface area contributed by atoms with Crippen LogP contribution in [0.5, 0.6) is 0 Å². The van der Waals surface area contributed by atoms with Crippen LogP contribution in [0.15, 0.2) is 0 Å². The Morgan fingerprint density at radius 3 is 2.23 bits per heavy atom. The fourth-order valence-corrected chi connectivity index (χ4v) is 1.31. The molecule has 13 heavy (non-hydrogen) atoms. The summed E-state index contributed by atoms with van der Waals surface area (Å²) < 4.78 is 0. The highest BCUT2D eigenvalue weighted by atomic mass is 16.3. The third-order valence-electron chi connectivity index (χ3n) is 2.42.